The Morgan fingerprint density at radius 3 is 2.65 bits per heavy atom. The van der Waals surface area contributed by atoms with Gasteiger partial charge < -0.3 is 20.1 Å². The standard InChI is InChI=1S/C18H22N4O2.C2H6/c1-5-6-11(2)14-8-13(9-15-17(14)24-10-23-15)21-18-20-12(3)7-16(19-4)22-18;1-2/h6-9H,5,10H2,1-4H3,(H2,19,20,21,22);1-2H3/b11-6+;. The topological polar surface area (TPSA) is 68.3 Å². The normalized spacial score (nSPS) is 12.3. The van der Waals surface area contributed by atoms with Crippen molar-refractivity contribution < 1.29 is 9.47 Å². The van der Waals surface area contributed by atoms with Gasteiger partial charge in [0.1, 0.15) is 5.82 Å². The maximum atomic E-state index is 5.63. The molecule has 1 aromatic heterocycles. The molecule has 2 N–H and O–H groups in total. The molecule has 0 unspecified atom stereocenters. The van der Waals surface area contributed by atoms with Crippen LogP contribution in [0.15, 0.2) is 24.3 Å². The van der Waals surface area contributed by atoms with E-state index < -0.39 is 0 Å². The van der Waals surface area contributed by atoms with Crippen LogP contribution in [-0.4, -0.2) is 23.8 Å². The van der Waals surface area contributed by atoms with Crippen LogP contribution in [0.3, 0.4) is 0 Å². The minimum absolute atomic E-state index is 0.246. The van der Waals surface area contributed by atoms with Gasteiger partial charge in [0.2, 0.25) is 12.7 Å². The van der Waals surface area contributed by atoms with Crippen LogP contribution < -0.4 is 20.1 Å². The third kappa shape index (κ3) is 4.45. The minimum Gasteiger partial charge on any atom is -0.453 e. The molecule has 0 fully saturated rings. The van der Waals surface area contributed by atoms with Crippen LogP contribution >= 0.6 is 0 Å². The Morgan fingerprint density at radius 1 is 1.19 bits per heavy atom. The van der Waals surface area contributed by atoms with Gasteiger partial charge in [0.05, 0.1) is 0 Å². The number of hydrogen-bond acceptors (Lipinski definition) is 6. The molecule has 0 saturated carbocycles. The molecule has 140 valence electrons. The van der Waals surface area contributed by atoms with Crippen molar-refractivity contribution in [1.29, 1.82) is 0 Å². The zero-order valence-corrected chi connectivity index (χ0v) is 16.4. The molecule has 0 aliphatic carbocycles. The molecule has 1 aliphatic rings. The number of nitrogens with zero attached hydrogens (tertiary/aromatic N) is 2. The molecule has 6 heteroatoms. The number of fused-ring (bicyclic) bond motifs is 1. The maximum Gasteiger partial charge on any atom is 0.231 e. The summed E-state index contributed by atoms with van der Waals surface area (Å²) >= 11 is 0. The lowest BCUT2D eigenvalue weighted by Gasteiger charge is -2.12. The first-order valence-electron chi connectivity index (χ1n) is 9.02. The lowest BCUT2D eigenvalue weighted by molar-refractivity contribution is 0.173. The van der Waals surface area contributed by atoms with Crippen molar-refractivity contribution >= 4 is 23.0 Å². The zero-order valence-electron chi connectivity index (χ0n) is 16.4. The summed E-state index contributed by atoms with van der Waals surface area (Å²) < 4.78 is 11.2. The van der Waals surface area contributed by atoms with Crippen LogP contribution in [0.2, 0.25) is 0 Å². The number of ether oxygens (including phenoxy) is 2. The largest absolute Gasteiger partial charge is 0.453 e. The highest BCUT2D eigenvalue weighted by Crippen LogP contribution is 2.42. The first-order valence-corrected chi connectivity index (χ1v) is 9.02. The van der Waals surface area contributed by atoms with Gasteiger partial charge in [0.15, 0.2) is 11.5 Å². The second-order valence-corrected chi connectivity index (χ2v) is 5.65. The van der Waals surface area contributed by atoms with Gasteiger partial charge in [-0.25, -0.2) is 4.98 Å². The van der Waals surface area contributed by atoms with E-state index in [1.54, 1.807) is 0 Å². The van der Waals surface area contributed by atoms with Gasteiger partial charge in [-0.1, -0.05) is 26.8 Å². The Kier molecular flexibility index (Phi) is 6.83. The lowest BCUT2D eigenvalue weighted by atomic mass is 10.0. The van der Waals surface area contributed by atoms with Crippen molar-refractivity contribution in [1.82, 2.24) is 9.97 Å². The van der Waals surface area contributed by atoms with Crippen molar-refractivity contribution in [2.45, 2.75) is 41.0 Å². The molecule has 2 heterocycles. The van der Waals surface area contributed by atoms with E-state index in [1.807, 2.05) is 46.0 Å². The number of benzene rings is 1. The van der Waals surface area contributed by atoms with Crippen molar-refractivity contribution in [3.8, 4) is 11.5 Å². The average Bonchev–Trinajstić information content (AvgIpc) is 3.10. The van der Waals surface area contributed by atoms with Crippen LogP contribution in [0.5, 0.6) is 11.5 Å². The molecule has 1 aliphatic heterocycles. The molecule has 6 nitrogen and oxygen atoms in total. The SMILES string of the molecule is CC.CC/C=C(\C)c1cc(Nc2nc(C)cc(NC)n2)cc2c1OCO2. The third-order valence-corrected chi connectivity index (χ3v) is 3.77. The maximum absolute atomic E-state index is 5.63. The van der Waals surface area contributed by atoms with Gasteiger partial charge >= 0.3 is 0 Å². The van der Waals surface area contributed by atoms with E-state index >= 15 is 0 Å². The molecule has 0 radical (unpaired) electrons. The fourth-order valence-corrected chi connectivity index (χ4v) is 2.67. The van der Waals surface area contributed by atoms with Gasteiger partial charge in [-0.2, -0.15) is 4.98 Å². The van der Waals surface area contributed by atoms with Gasteiger partial charge in [-0.05, 0) is 31.9 Å². The van der Waals surface area contributed by atoms with E-state index in [9.17, 15) is 0 Å². The summed E-state index contributed by atoms with van der Waals surface area (Å²) in [4.78, 5) is 8.86. The highest BCUT2D eigenvalue weighted by atomic mass is 16.7. The number of rotatable bonds is 5. The highest BCUT2D eigenvalue weighted by molar-refractivity contribution is 5.77. The summed E-state index contributed by atoms with van der Waals surface area (Å²) in [5, 5.41) is 6.30. The molecule has 26 heavy (non-hydrogen) atoms. The number of aryl methyl sites for hydroxylation is 1. The lowest BCUT2D eigenvalue weighted by Crippen LogP contribution is -2.02. The Morgan fingerprint density at radius 2 is 1.96 bits per heavy atom. The monoisotopic (exact) mass is 356 g/mol. The Bertz CT molecular complexity index is 788. The van der Waals surface area contributed by atoms with Crippen LogP contribution in [-0.2, 0) is 0 Å². The predicted octanol–water partition coefficient (Wildman–Crippen LogP) is 5.14. The van der Waals surface area contributed by atoms with Crippen LogP contribution in [0.4, 0.5) is 17.5 Å². The molecule has 0 saturated heterocycles. The molecule has 2 aromatic rings. The summed E-state index contributed by atoms with van der Waals surface area (Å²) in [5.41, 5.74) is 3.94. The van der Waals surface area contributed by atoms with E-state index in [1.165, 1.54) is 0 Å². The summed E-state index contributed by atoms with van der Waals surface area (Å²) in [7, 11) is 1.84. The third-order valence-electron chi connectivity index (χ3n) is 3.77. The van der Waals surface area contributed by atoms with Crippen molar-refractivity contribution in [3.05, 3.63) is 35.5 Å². The number of aromatic nitrogens is 2. The molecule has 0 amide bonds. The Balaban J connectivity index is 0.00000117. The summed E-state index contributed by atoms with van der Waals surface area (Å²) in [6, 6.07) is 5.85. The molecular formula is C20H28N4O2. The van der Waals surface area contributed by atoms with Crippen LogP contribution in [0, 0.1) is 6.92 Å². The summed E-state index contributed by atoms with van der Waals surface area (Å²) in [6.07, 6.45) is 3.13. The smallest absolute Gasteiger partial charge is 0.231 e. The molecule has 1 aromatic carbocycles. The van der Waals surface area contributed by atoms with Crippen LogP contribution in [0.25, 0.3) is 5.57 Å². The zero-order chi connectivity index (χ0) is 19.1. The second-order valence-electron chi connectivity index (χ2n) is 5.65. The Hall–Kier alpha value is -2.76. The van der Waals surface area contributed by atoms with Crippen molar-refractivity contribution in [2.75, 3.05) is 24.5 Å². The van der Waals surface area contributed by atoms with Gasteiger partial charge in [-0.15, -0.1) is 0 Å². The second kappa shape index (κ2) is 9.08. The van der Waals surface area contributed by atoms with E-state index in [-0.39, 0.29) is 6.79 Å². The Labute approximate surface area is 155 Å². The fraction of sp³-hybridized carbons (Fsp3) is 0.400. The molecule has 0 spiro atoms. The number of anilines is 3. The van der Waals surface area contributed by atoms with Gasteiger partial charge in [-0.3, -0.25) is 0 Å². The average molecular weight is 356 g/mol. The quantitative estimate of drug-likeness (QED) is 0.773. The van der Waals surface area contributed by atoms with Gasteiger partial charge in [0.25, 0.3) is 0 Å². The molecule has 0 bridgehead atoms. The van der Waals surface area contributed by atoms with Crippen LogP contribution in [0.1, 0.15) is 45.4 Å². The molecule has 3 rings (SSSR count). The minimum atomic E-state index is 0.246. The van der Waals surface area contributed by atoms with E-state index in [0.29, 0.717) is 5.95 Å². The molecular weight excluding hydrogens is 328 g/mol. The highest BCUT2D eigenvalue weighted by Gasteiger charge is 2.20. The van der Waals surface area contributed by atoms with Gasteiger partial charge in [0, 0.05) is 36.1 Å². The number of hydrogen-bond donors (Lipinski definition) is 2. The van der Waals surface area contributed by atoms with Crippen molar-refractivity contribution in [2.24, 2.45) is 0 Å². The van der Waals surface area contributed by atoms with E-state index in [2.05, 4.69) is 40.5 Å². The first-order chi connectivity index (χ1) is 12.6. The summed E-state index contributed by atoms with van der Waals surface area (Å²) in [6.45, 7) is 10.4. The first kappa shape index (κ1) is 19.6. The predicted molar refractivity (Wildman–Crippen MR) is 107 cm³/mol. The summed E-state index contributed by atoms with van der Waals surface area (Å²) in [5.74, 6) is 2.85. The number of allylic oxidation sites excluding steroid dienone is 2. The molecule has 0 atom stereocenters. The van der Waals surface area contributed by atoms with E-state index in [4.69, 9.17) is 9.47 Å². The fourth-order valence-electron chi connectivity index (χ4n) is 2.67. The van der Waals surface area contributed by atoms with E-state index in [0.717, 1.165) is 46.3 Å². The number of nitrogens with one attached hydrogen (secondary N) is 2. The van der Waals surface area contributed by atoms with Crippen molar-refractivity contribution in [3.63, 3.8) is 0 Å².